The topological polar surface area (TPSA) is 43.6 Å². The second kappa shape index (κ2) is 5.00. The second-order valence-electron chi connectivity index (χ2n) is 7.11. The van der Waals surface area contributed by atoms with Gasteiger partial charge in [0.1, 0.15) is 5.82 Å². The molecule has 3 aromatic rings. The number of aryl methyl sites for hydroxylation is 1. The number of rotatable bonds is 4. The Morgan fingerprint density at radius 1 is 1.04 bits per heavy atom. The molecule has 2 aliphatic carbocycles. The van der Waals surface area contributed by atoms with Crippen LogP contribution in [0, 0.1) is 12.8 Å². The summed E-state index contributed by atoms with van der Waals surface area (Å²) in [7, 11) is 0. The molecular weight excluding hydrogens is 296 g/mol. The average molecular weight is 316 g/mol. The first-order valence-corrected chi connectivity index (χ1v) is 8.70. The smallest absolute Gasteiger partial charge is 0.159 e. The van der Waals surface area contributed by atoms with Gasteiger partial charge in [-0.3, -0.25) is 0 Å². The maximum Gasteiger partial charge on any atom is 0.159 e. The zero-order valence-corrected chi connectivity index (χ0v) is 13.8. The molecule has 0 amide bonds. The van der Waals surface area contributed by atoms with Crippen LogP contribution >= 0.6 is 0 Å². The minimum atomic E-state index is 0.334. The maximum atomic E-state index is 4.61. The standard InChI is InChI=1S/C20H20N4/c1-14-4-2-3-5-17(14)18-22-12-15(13-23-18)19-21-10-11-24(19)20(8-9-20)16-6-7-16/h2-5,10-13,16H,6-9H2,1H3. The summed E-state index contributed by atoms with van der Waals surface area (Å²) in [5, 5.41) is 0. The van der Waals surface area contributed by atoms with Gasteiger partial charge in [-0.05, 0) is 44.1 Å². The van der Waals surface area contributed by atoms with Gasteiger partial charge >= 0.3 is 0 Å². The number of benzene rings is 1. The Bertz CT molecular complexity index is 886. The van der Waals surface area contributed by atoms with Crippen molar-refractivity contribution in [3.8, 4) is 22.8 Å². The van der Waals surface area contributed by atoms with Crippen LogP contribution in [0.1, 0.15) is 31.2 Å². The van der Waals surface area contributed by atoms with Gasteiger partial charge in [-0.2, -0.15) is 0 Å². The highest BCUT2D eigenvalue weighted by atomic mass is 15.2. The molecule has 4 nitrogen and oxygen atoms in total. The first-order chi connectivity index (χ1) is 11.8. The van der Waals surface area contributed by atoms with Crippen molar-refractivity contribution >= 4 is 0 Å². The van der Waals surface area contributed by atoms with Crippen molar-refractivity contribution < 1.29 is 0 Å². The molecule has 0 atom stereocenters. The van der Waals surface area contributed by atoms with Crippen LogP contribution in [-0.4, -0.2) is 19.5 Å². The molecule has 0 bridgehead atoms. The largest absolute Gasteiger partial charge is 0.325 e. The summed E-state index contributed by atoms with van der Waals surface area (Å²) < 4.78 is 2.39. The summed E-state index contributed by atoms with van der Waals surface area (Å²) in [6, 6.07) is 8.22. The first-order valence-electron chi connectivity index (χ1n) is 8.70. The van der Waals surface area contributed by atoms with Gasteiger partial charge in [0.25, 0.3) is 0 Å². The summed E-state index contributed by atoms with van der Waals surface area (Å²) in [6.07, 6.45) is 13.2. The van der Waals surface area contributed by atoms with Crippen LogP contribution in [0.25, 0.3) is 22.8 Å². The van der Waals surface area contributed by atoms with E-state index in [-0.39, 0.29) is 0 Å². The molecule has 0 N–H and O–H groups in total. The fourth-order valence-corrected chi connectivity index (χ4v) is 3.88. The minimum Gasteiger partial charge on any atom is -0.325 e. The lowest BCUT2D eigenvalue weighted by molar-refractivity contribution is 0.425. The summed E-state index contributed by atoms with van der Waals surface area (Å²) in [5.41, 5.74) is 3.62. The van der Waals surface area contributed by atoms with Crippen molar-refractivity contribution in [3.05, 3.63) is 54.6 Å². The molecule has 5 rings (SSSR count). The van der Waals surface area contributed by atoms with Crippen molar-refractivity contribution in [2.45, 2.75) is 38.1 Å². The zero-order valence-electron chi connectivity index (χ0n) is 13.8. The van der Waals surface area contributed by atoms with E-state index in [0.717, 1.165) is 28.7 Å². The van der Waals surface area contributed by atoms with Gasteiger partial charge < -0.3 is 4.57 Å². The molecule has 24 heavy (non-hydrogen) atoms. The maximum absolute atomic E-state index is 4.61. The molecule has 2 aliphatic rings. The van der Waals surface area contributed by atoms with E-state index in [4.69, 9.17) is 0 Å². The fraction of sp³-hybridized carbons (Fsp3) is 0.350. The molecule has 0 saturated heterocycles. The van der Waals surface area contributed by atoms with Crippen molar-refractivity contribution in [2.24, 2.45) is 5.92 Å². The van der Waals surface area contributed by atoms with Crippen molar-refractivity contribution in [2.75, 3.05) is 0 Å². The second-order valence-corrected chi connectivity index (χ2v) is 7.11. The molecule has 2 heterocycles. The Hall–Kier alpha value is -2.49. The lowest BCUT2D eigenvalue weighted by atomic mass is 10.1. The molecule has 0 aliphatic heterocycles. The van der Waals surface area contributed by atoms with Crippen LogP contribution < -0.4 is 0 Å². The summed E-state index contributed by atoms with van der Waals surface area (Å²) in [5.74, 6) is 2.63. The summed E-state index contributed by atoms with van der Waals surface area (Å²) in [4.78, 5) is 13.8. The molecule has 2 fully saturated rings. The van der Waals surface area contributed by atoms with Crippen molar-refractivity contribution in [3.63, 3.8) is 0 Å². The molecule has 1 aromatic carbocycles. The van der Waals surface area contributed by atoms with Gasteiger partial charge in [-0.25, -0.2) is 15.0 Å². The molecule has 120 valence electrons. The SMILES string of the molecule is Cc1ccccc1-c1ncc(-c2nccn2C2(C3CC3)CC2)cn1. The Kier molecular flexibility index (Phi) is 2.90. The van der Waals surface area contributed by atoms with Crippen molar-refractivity contribution in [1.29, 1.82) is 0 Å². The van der Waals surface area contributed by atoms with E-state index in [2.05, 4.69) is 44.8 Å². The van der Waals surface area contributed by atoms with E-state index in [1.807, 2.05) is 30.7 Å². The molecule has 0 radical (unpaired) electrons. The van der Waals surface area contributed by atoms with Gasteiger partial charge in [0.15, 0.2) is 5.82 Å². The van der Waals surface area contributed by atoms with Crippen LogP contribution in [0.3, 0.4) is 0 Å². The number of nitrogens with zero attached hydrogens (tertiary/aromatic N) is 4. The monoisotopic (exact) mass is 316 g/mol. The normalized spacial score (nSPS) is 18.5. The van der Waals surface area contributed by atoms with Gasteiger partial charge in [-0.1, -0.05) is 24.3 Å². The Balaban J connectivity index is 1.51. The van der Waals surface area contributed by atoms with E-state index in [1.54, 1.807) is 0 Å². The highest BCUT2D eigenvalue weighted by Crippen LogP contribution is 2.60. The molecular formula is C20H20N4. The number of hydrogen-bond acceptors (Lipinski definition) is 3. The lowest BCUT2D eigenvalue weighted by Gasteiger charge is -2.19. The van der Waals surface area contributed by atoms with Crippen LogP contribution in [0.15, 0.2) is 49.1 Å². The third-order valence-electron chi connectivity index (χ3n) is 5.52. The van der Waals surface area contributed by atoms with Gasteiger partial charge in [-0.15, -0.1) is 0 Å². The van der Waals surface area contributed by atoms with Crippen LogP contribution in [0.2, 0.25) is 0 Å². The molecule has 2 saturated carbocycles. The predicted octanol–water partition coefficient (Wildman–Crippen LogP) is 4.21. The van der Waals surface area contributed by atoms with E-state index in [1.165, 1.54) is 31.2 Å². The van der Waals surface area contributed by atoms with Gasteiger partial charge in [0.05, 0.1) is 5.56 Å². The fourth-order valence-electron chi connectivity index (χ4n) is 3.88. The van der Waals surface area contributed by atoms with Crippen LogP contribution in [0.4, 0.5) is 0 Å². The molecule has 2 aromatic heterocycles. The van der Waals surface area contributed by atoms with Crippen LogP contribution in [-0.2, 0) is 5.54 Å². The van der Waals surface area contributed by atoms with E-state index < -0.39 is 0 Å². The third kappa shape index (κ3) is 2.09. The third-order valence-corrected chi connectivity index (χ3v) is 5.52. The number of hydrogen-bond donors (Lipinski definition) is 0. The van der Waals surface area contributed by atoms with E-state index in [0.29, 0.717) is 5.54 Å². The lowest BCUT2D eigenvalue weighted by Crippen LogP contribution is -2.19. The molecule has 0 unspecified atom stereocenters. The van der Waals surface area contributed by atoms with Gasteiger partial charge in [0, 0.05) is 35.9 Å². The highest BCUT2D eigenvalue weighted by Gasteiger charge is 2.55. The Labute approximate surface area is 141 Å². The van der Waals surface area contributed by atoms with Crippen LogP contribution in [0.5, 0.6) is 0 Å². The molecule has 0 spiro atoms. The summed E-state index contributed by atoms with van der Waals surface area (Å²) in [6.45, 7) is 2.09. The predicted molar refractivity (Wildman–Crippen MR) is 93.4 cm³/mol. The summed E-state index contributed by atoms with van der Waals surface area (Å²) >= 11 is 0. The van der Waals surface area contributed by atoms with E-state index >= 15 is 0 Å². The number of imidazole rings is 1. The average Bonchev–Trinajstić information content (AvgIpc) is 3.53. The van der Waals surface area contributed by atoms with Gasteiger partial charge in [0.2, 0.25) is 0 Å². The van der Waals surface area contributed by atoms with Crippen molar-refractivity contribution in [1.82, 2.24) is 19.5 Å². The minimum absolute atomic E-state index is 0.334. The Morgan fingerprint density at radius 3 is 2.46 bits per heavy atom. The molecule has 4 heteroatoms. The first kappa shape index (κ1) is 13.9. The quantitative estimate of drug-likeness (QED) is 0.724. The zero-order chi connectivity index (χ0) is 16.1. The number of aromatic nitrogens is 4. The van der Waals surface area contributed by atoms with E-state index in [9.17, 15) is 0 Å². The highest BCUT2D eigenvalue weighted by molar-refractivity contribution is 5.62. The Morgan fingerprint density at radius 2 is 1.79 bits per heavy atom.